The maximum absolute atomic E-state index is 14.0. The van der Waals surface area contributed by atoms with Crippen molar-refractivity contribution in [3.8, 4) is 11.5 Å². The zero-order chi connectivity index (χ0) is 27.7. The fourth-order valence-electron chi connectivity index (χ4n) is 5.55. The molecule has 0 saturated heterocycles. The Morgan fingerprint density at radius 1 is 0.875 bits per heavy atom. The standard InChI is InChI=1S/C33H37ClN2O4/c34-28-14-8-7-11-26(28)23-36(32(37)18-16-25-15-17-30-31(22-25)40-20-19-39-30)29(21-24-9-3-1-4-10-24)33(38)35-27-12-5-2-6-13-27/h1,3-4,7-11,14-15,17,22,27,29H,2,5-6,12-13,16,18-21,23H2,(H,35,38). The Kier molecular flexibility index (Phi) is 9.61. The normalized spacial score (nSPS) is 15.7. The Labute approximate surface area is 241 Å². The Balaban J connectivity index is 1.40. The molecular weight excluding hydrogens is 524 g/mol. The summed E-state index contributed by atoms with van der Waals surface area (Å²) in [5.41, 5.74) is 2.82. The second kappa shape index (κ2) is 13.7. The molecular formula is C33H37ClN2O4. The summed E-state index contributed by atoms with van der Waals surface area (Å²) in [5.74, 6) is 1.24. The van der Waals surface area contributed by atoms with Gasteiger partial charge in [-0.05, 0) is 54.2 Å². The van der Waals surface area contributed by atoms with Crippen LogP contribution < -0.4 is 14.8 Å². The van der Waals surface area contributed by atoms with Gasteiger partial charge in [-0.3, -0.25) is 9.59 Å². The van der Waals surface area contributed by atoms with Gasteiger partial charge in [0.15, 0.2) is 11.5 Å². The second-order valence-electron chi connectivity index (χ2n) is 10.6. The van der Waals surface area contributed by atoms with Crippen LogP contribution in [-0.2, 0) is 29.0 Å². The first-order valence-corrected chi connectivity index (χ1v) is 14.7. The number of rotatable bonds is 10. The zero-order valence-corrected chi connectivity index (χ0v) is 23.6. The minimum Gasteiger partial charge on any atom is -0.486 e. The molecule has 210 valence electrons. The highest BCUT2D eigenvalue weighted by atomic mass is 35.5. The Morgan fingerprint density at radius 3 is 2.38 bits per heavy atom. The van der Waals surface area contributed by atoms with Crippen LogP contribution in [0.2, 0.25) is 5.02 Å². The number of nitrogens with zero attached hydrogens (tertiary/aromatic N) is 1. The van der Waals surface area contributed by atoms with Gasteiger partial charge in [-0.1, -0.05) is 85.5 Å². The lowest BCUT2D eigenvalue weighted by molar-refractivity contribution is -0.141. The Bertz CT molecular complexity index is 1290. The molecule has 0 radical (unpaired) electrons. The molecule has 3 aromatic carbocycles. The molecule has 1 saturated carbocycles. The van der Waals surface area contributed by atoms with Crippen molar-refractivity contribution in [2.45, 2.75) is 70.0 Å². The highest BCUT2D eigenvalue weighted by molar-refractivity contribution is 6.31. The van der Waals surface area contributed by atoms with Crippen LogP contribution in [0.25, 0.3) is 0 Å². The Morgan fingerprint density at radius 2 is 1.60 bits per heavy atom. The minimum absolute atomic E-state index is 0.0884. The molecule has 0 spiro atoms. The van der Waals surface area contributed by atoms with Gasteiger partial charge in [0.05, 0.1) is 0 Å². The fourth-order valence-corrected chi connectivity index (χ4v) is 5.74. The molecule has 1 aliphatic heterocycles. The van der Waals surface area contributed by atoms with E-state index in [2.05, 4.69) is 5.32 Å². The van der Waals surface area contributed by atoms with E-state index in [1.165, 1.54) is 6.42 Å². The number of benzene rings is 3. The van der Waals surface area contributed by atoms with Crippen molar-refractivity contribution < 1.29 is 19.1 Å². The number of halogens is 1. The van der Waals surface area contributed by atoms with Gasteiger partial charge in [0.25, 0.3) is 0 Å². The van der Waals surface area contributed by atoms with Crippen LogP contribution in [0, 0.1) is 0 Å². The van der Waals surface area contributed by atoms with Crippen LogP contribution in [0.5, 0.6) is 11.5 Å². The van der Waals surface area contributed by atoms with Crippen molar-refractivity contribution in [3.63, 3.8) is 0 Å². The molecule has 2 aliphatic rings. The van der Waals surface area contributed by atoms with Gasteiger partial charge >= 0.3 is 0 Å². The van der Waals surface area contributed by atoms with Gasteiger partial charge in [0.2, 0.25) is 11.8 Å². The molecule has 1 unspecified atom stereocenters. The molecule has 5 rings (SSSR count). The first kappa shape index (κ1) is 28.0. The van der Waals surface area contributed by atoms with Crippen LogP contribution in [-0.4, -0.2) is 42.0 Å². The topological polar surface area (TPSA) is 67.9 Å². The molecule has 1 atom stereocenters. The van der Waals surface area contributed by atoms with Gasteiger partial charge in [-0.15, -0.1) is 0 Å². The van der Waals surface area contributed by atoms with Crippen LogP contribution in [0.3, 0.4) is 0 Å². The average molecular weight is 561 g/mol. The van der Waals surface area contributed by atoms with Gasteiger partial charge < -0.3 is 19.7 Å². The SMILES string of the molecule is O=C(NC1CCCCC1)C(Cc1ccccc1)N(Cc1ccccc1Cl)C(=O)CCc1ccc2c(c1)OCCO2. The first-order valence-electron chi connectivity index (χ1n) is 14.3. The lowest BCUT2D eigenvalue weighted by Crippen LogP contribution is -2.53. The average Bonchev–Trinajstić information content (AvgIpc) is 2.99. The zero-order valence-electron chi connectivity index (χ0n) is 22.8. The van der Waals surface area contributed by atoms with Crippen LogP contribution in [0.4, 0.5) is 0 Å². The van der Waals surface area contributed by atoms with Gasteiger partial charge in [0, 0.05) is 30.5 Å². The molecule has 7 heteroatoms. The van der Waals surface area contributed by atoms with Gasteiger partial charge in [-0.25, -0.2) is 0 Å². The van der Waals surface area contributed by atoms with Gasteiger partial charge in [-0.2, -0.15) is 0 Å². The predicted molar refractivity (Wildman–Crippen MR) is 157 cm³/mol. The second-order valence-corrected chi connectivity index (χ2v) is 11.0. The van der Waals surface area contributed by atoms with Crippen molar-refractivity contribution >= 4 is 23.4 Å². The van der Waals surface area contributed by atoms with E-state index in [0.29, 0.717) is 36.8 Å². The summed E-state index contributed by atoms with van der Waals surface area (Å²) in [6, 6.07) is 22.7. The number of ether oxygens (including phenoxy) is 2. The monoisotopic (exact) mass is 560 g/mol. The van der Waals surface area contributed by atoms with Crippen molar-refractivity contribution in [2.24, 2.45) is 0 Å². The number of carbonyl (C=O) groups is 2. The van der Waals surface area contributed by atoms with Gasteiger partial charge in [0.1, 0.15) is 19.3 Å². The summed E-state index contributed by atoms with van der Waals surface area (Å²) in [6.45, 7) is 1.31. The number of hydrogen-bond acceptors (Lipinski definition) is 4. The summed E-state index contributed by atoms with van der Waals surface area (Å²) in [4.78, 5) is 29.6. The van der Waals surface area contributed by atoms with E-state index in [1.807, 2.05) is 72.8 Å². The molecule has 0 bridgehead atoms. The summed E-state index contributed by atoms with van der Waals surface area (Å²) in [6.07, 6.45) is 6.61. The number of hydrogen-bond donors (Lipinski definition) is 1. The molecule has 1 fully saturated rings. The molecule has 6 nitrogen and oxygen atoms in total. The number of aryl methyl sites for hydroxylation is 1. The maximum atomic E-state index is 14.0. The highest BCUT2D eigenvalue weighted by Gasteiger charge is 2.32. The van der Waals surface area contributed by atoms with E-state index in [9.17, 15) is 9.59 Å². The lowest BCUT2D eigenvalue weighted by Gasteiger charge is -2.34. The number of fused-ring (bicyclic) bond motifs is 1. The van der Waals surface area contributed by atoms with E-state index in [4.69, 9.17) is 21.1 Å². The summed E-state index contributed by atoms with van der Waals surface area (Å²) in [7, 11) is 0. The van der Waals surface area contributed by atoms with Crippen molar-refractivity contribution in [1.82, 2.24) is 10.2 Å². The van der Waals surface area contributed by atoms with E-state index < -0.39 is 6.04 Å². The third kappa shape index (κ3) is 7.36. The predicted octanol–water partition coefficient (Wildman–Crippen LogP) is 6.13. The van der Waals surface area contributed by atoms with E-state index >= 15 is 0 Å². The fraction of sp³-hybridized carbons (Fsp3) is 0.394. The maximum Gasteiger partial charge on any atom is 0.243 e. The van der Waals surface area contributed by atoms with Crippen molar-refractivity contribution in [3.05, 3.63) is 94.5 Å². The van der Waals surface area contributed by atoms with Crippen LogP contribution in [0.15, 0.2) is 72.8 Å². The largest absolute Gasteiger partial charge is 0.486 e. The van der Waals surface area contributed by atoms with Crippen molar-refractivity contribution in [1.29, 1.82) is 0 Å². The molecule has 1 aliphatic carbocycles. The smallest absolute Gasteiger partial charge is 0.243 e. The number of amides is 2. The third-order valence-corrected chi connectivity index (χ3v) is 8.12. The molecule has 2 amide bonds. The molecule has 0 aromatic heterocycles. The summed E-state index contributed by atoms with van der Waals surface area (Å²) >= 11 is 6.55. The first-order chi connectivity index (χ1) is 19.6. The third-order valence-electron chi connectivity index (χ3n) is 7.76. The molecule has 1 N–H and O–H groups in total. The molecule has 1 heterocycles. The minimum atomic E-state index is -0.659. The summed E-state index contributed by atoms with van der Waals surface area (Å²) in [5, 5.41) is 3.87. The van der Waals surface area contributed by atoms with E-state index in [0.717, 1.165) is 48.1 Å². The van der Waals surface area contributed by atoms with E-state index in [1.54, 1.807) is 4.90 Å². The quantitative estimate of drug-likeness (QED) is 0.324. The lowest BCUT2D eigenvalue weighted by atomic mass is 9.94. The van der Waals surface area contributed by atoms with Crippen LogP contribution >= 0.6 is 11.6 Å². The Hall–Kier alpha value is -3.51. The molecule has 40 heavy (non-hydrogen) atoms. The highest BCUT2D eigenvalue weighted by Crippen LogP contribution is 2.31. The summed E-state index contributed by atoms with van der Waals surface area (Å²) < 4.78 is 11.4. The number of nitrogens with one attached hydrogen (secondary N) is 1. The molecule has 3 aromatic rings. The van der Waals surface area contributed by atoms with Crippen molar-refractivity contribution in [2.75, 3.05) is 13.2 Å². The van der Waals surface area contributed by atoms with Crippen LogP contribution in [0.1, 0.15) is 55.2 Å². The number of carbonyl (C=O) groups excluding carboxylic acids is 2. The van der Waals surface area contributed by atoms with E-state index in [-0.39, 0.29) is 30.8 Å².